The lowest BCUT2D eigenvalue weighted by Crippen LogP contribution is -2.01. The van der Waals surface area contributed by atoms with Crippen LogP contribution < -0.4 is 0 Å². The molecule has 2 heteroatoms. The third-order valence-corrected chi connectivity index (χ3v) is 3.71. The molecular formula is C22H36O2. The molecule has 0 heterocycles. The lowest BCUT2D eigenvalue weighted by molar-refractivity contribution is -0.137. The number of carboxylic acids is 1. The quantitative estimate of drug-likeness (QED) is 0.279. The van der Waals surface area contributed by atoms with E-state index in [1.807, 2.05) is 0 Å². The number of hydrogen-bond donors (Lipinski definition) is 1. The highest BCUT2D eigenvalue weighted by molar-refractivity contribution is 5.66. The largest absolute Gasteiger partial charge is 0.481 e. The van der Waals surface area contributed by atoms with Gasteiger partial charge in [-0.25, -0.2) is 0 Å². The predicted octanol–water partition coefficient (Wildman–Crippen LogP) is 6.85. The Hall–Kier alpha value is -1.57. The second kappa shape index (κ2) is 15.0. The molecule has 24 heavy (non-hydrogen) atoms. The van der Waals surface area contributed by atoms with Crippen LogP contribution in [0.15, 0.2) is 48.6 Å². The highest BCUT2D eigenvalue weighted by Gasteiger charge is 2.06. The molecule has 0 atom stereocenters. The van der Waals surface area contributed by atoms with Crippen molar-refractivity contribution in [2.24, 2.45) is 5.41 Å². The van der Waals surface area contributed by atoms with E-state index < -0.39 is 5.97 Å². The van der Waals surface area contributed by atoms with Gasteiger partial charge in [0.15, 0.2) is 0 Å². The zero-order valence-corrected chi connectivity index (χ0v) is 15.8. The SMILES string of the molecule is CCCCC/C=C\C/C=C\C(C)(C)/C=C\C/C=C\CCCC(=O)O. The van der Waals surface area contributed by atoms with Crippen LogP contribution in [0.2, 0.25) is 0 Å². The number of unbranched alkanes of at least 4 members (excludes halogenated alkanes) is 4. The molecule has 0 aromatic carbocycles. The first-order valence-electron chi connectivity index (χ1n) is 9.35. The summed E-state index contributed by atoms with van der Waals surface area (Å²) in [4.78, 5) is 10.4. The molecule has 0 saturated heterocycles. The summed E-state index contributed by atoms with van der Waals surface area (Å²) in [6.07, 6.45) is 26.5. The molecule has 2 nitrogen and oxygen atoms in total. The molecule has 0 aliphatic heterocycles. The van der Waals surface area contributed by atoms with Crippen LogP contribution in [0.4, 0.5) is 0 Å². The summed E-state index contributed by atoms with van der Waals surface area (Å²) >= 11 is 0. The first-order chi connectivity index (χ1) is 11.5. The number of rotatable bonds is 14. The Balaban J connectivity index is 3.87. The van der Waals surface area contributed by atoms with Gasteiger partial charge in [0.25, 0.3) is 0 Å². The molecule has 0 rings (SSSR count). The predicted molar refractivity (Wildman–Crippen MR) is 105 cm³/mol. The van der Waals surface area contributed by atoms with Gasteiger partial charge in [0.1, 0.15) is 0 Å². The Morgan fingerprint density at radius 3 is 1.88 bits per heavy atom. The summed E-state index contributed by atoms with van der Waals surface area (Å²) < 4.78 is 0. The number of hydrogen-bond acceptors (Lipinski definition) is 1. The third kappa shape index (κ3) is 16.8. The van der Waals surface area contributed by atoms with Crippen molar-refractivity contribution >= 4 is 5.97 Å². The minimum Gasteiger partial charge on any atom is -0.481 e. The Morgan fingerprint density at radius 2 is 1.38 bits per heavy atom. The third-order valence-electron chi connectivity index (χ3n) is 3.71. The van der Waals surface area contributed by atoms with E-state index in [9.17, 15) is 4.79 Å². The van der Waals surface area contributed by atoms with Gasteiger partial charge in [0.2, 0.25) is 0 Å². The van der Waals surface area contributed by atoms with Crippen LogP contribution in [0.1, 0.15) is 78.6 Å². The van der Waals surface area contributed by atoms with E-state index in [2.05, 4.69) is 69.4 Å². The maximum absolute atomic E-state index is 10.4. The lowest BCUT2D eigenvalue weighted by atomic mass is 9.92. The van der Waals surface area contributed by atoms with E-state index in [1.54, 1.807) is 0 Å². The summed E-state index contributed by atoms with van der Waals surface area (Å²) in [6.45, 7) is 6.65. The summed E-state index contributed by atoms with van der Waals surface area (Å²) in [6, 6.07) is 0. The van der Waals surface area contributed by atoms with Crippen molar-refractivity contribution in [1.82, 2.24) is 0 Å². The Bertz CT molecular complexity index is 425. The van der Waals surface area contributed by atoms with Gasteiger partial charge in [-0.3, -0.25) is 4.79 Å². The highest BCUT2D eigenvalue weighted by atomic mass is 16.4. The number of carbonyl (C=O) groups is 1. The van der Waals surface area contributed by atoms with E-state index in [1.165, 1.54) is 25.7 Å². The second-order valence-electron chi connectivity index (χ2n) is 6.82. The van der Waals surface area contributed by atoms with Crippen LogP contribution in [0.25, 0.3) is 0 Å². The van der Waals surface area contributed by atoms with Gasteiger partial charge in [-0.2, -0.15) is 0 Å². The molecule has 0 spiro atoms. The zero-order valence-electron chi connectivity index (χ0n) is 15.8. The molecule has 0 unspecified atom stereocenters. The van der Waals surface area contributed by atoms with Crippen molar-refractivity contribution in [1.29, 1.82) is 0 Å². The number of carboxylic acid groups (broad SMARTS) is 1. The van der Waals surface area contributed by atoms with Gasteiger partial charge in [0, 0.05) is 11.8 Å². The zero-order chi connectivity index (χ0) is 18.1. The molecule has 0 aromatic rings. The van der Waals surface area contributed by atoms with Gasteiger partial charge in [0.05, 0.1) is 0 Å². The molecule has 1 N–H and O–H groups in total. The fourth-order valence-corrected chi connectivity index (χ4v) is 2.27. The van der Waals surface area contributed by atoms with E-state index >= 15 is 0 Å². The van der Waals surface area contributed by atoms with Crippen molar-refractivity contribution in [3.05, 3.63) is 48.6 Å². The minimum atomic E-state index is -0.715. The first kappa shape index (κ1) is 22.4. The standard InChI is InChI=1S/C22H36O2/c1-4-5-6-7-8-10-13-16-19-22(2,3)20-17-14-11-9-12-15-18-21(23)24/h8-11,16-17,19-20H,4-7,12-15,18H2,1-3H3,(H,23,24)/b10-8-,11-9-,19-16-,20-17-. The van der Waals surface area contributed by atoms with Crippen molar-refractivity contribution < 1.29 is 9.90 Å². The lowest BCUT2D eigenvalue weighted by Gasteiger charge is -2.13. The van der Waals surface area contributed by atoms with Gasteiger partial charge in [-0.05, 0) is 38.5 Å². The van der Waals surface area contributed by atoms with E-state index in [0.717, 1.165) is 25.7 Å². The van der Waals surface area contributed by atoms with Crippen LogP contribution >= 0.6 is 0 Å². The van der Waals surface area contributed by atoms with Crippen molar-refractivity contribution in [2.45, 2.75) is 78.6 Å². The molecule has 0 radical (unpaired) electrons. The van der Waals surface area contributed by atoms with Crippen molar-refractivity contribution in [3.8, 4) is 0 Å². The average molecular weight is 333 g/mol. The van der Waals surface area contributed by atoms with Crippen molar-refractivity contribution in [3.63, 3.8) is 0 Å². The van der Waals surface area contributed by atoms with Gasteiger partial charge in [-0.15, -0.1) is 0 Å². The Kier molecular flexibility index (Phi) is 14.0. The fourth-order valence-electron chi connectivity index (χ4n) is 2.27. The van der Waals surface area contributed by atoms with Crippen LogP contribution in [-0.2, 0) is 4.79 Å². The van der Waals surface area contributed by atoms with Crippen LogP contribution in [-0.4, -0.2) is 11.1 Å². The molecular weight excluding hydrogens is 296 g/mol. The molecule has 0 aliphatic rings. The normalized spacial score (nSPS) is 13.1. The summed E-state index contributed by atoms with van der Waals surface area (Å²) in [5, 5.41) is 8.55. The second-order valence-corrected chi connectivity index (χ2v) is 6.82. The fraction of sp³-hybridized carbons (Fsp3) is 0.591. The Labute approximate surface area is 149 Å². The van der Waals surface area contributed by atoms with Gasteiger partial charge < -0.3 is 5.11 Å². The summed E-state index contributed by atoms with van der Waals surface area (Å²) in [7, 11) is 0. The van der Waals surface area contributed by atoms with Crippen LogP contribution in [0.3, 0.4) is 0 Å². The monoisotopic (exact) mass is 332 g/mol. The summed E-state index contributed by atoms with van der Waals surface area (Å²) in [5.74, 6) is -0.715. The summed E-state index contributed by atoms with van der Waals surface area (Å²) in [5.41, 5.74) is 0.0766. The van der Waals surface area contributed by atoms with Crippen LogP contribution in [0, 0.1) is 5.41 Å². The number of aliphatic carboxylic acids is 1. The topological polar surface area (TPSA) is 37.3 Å². The molecule has 0 aliphatic carbocycles. The van der Waals surface area contributed by atoms with Crippen LogP contribution in [0.5, 0.6) is 0 Å². The first-order valence-corrected chi connectivity index (χ1v) is 9.35. The van der Waals surface area contributed by atoms with E-state index in [0.29, 0.717) is 0 Å². The van der Waals surface area contributed by atoms with Crippen molar-refractivity contribution in [2.75, 3.05) is 0 Å². The highest BCUT2D eigenvalue weighted by Crippen LogP contribution is 2.19. The van der Waals surface area contributed by atoms with Gasteiger partial charge >= 0.3 is 5.97 Å². The molecule has 0 amide bonds. The molecule has 0 bridgehead atoms. The Morgan fingerprint density at radius 1 is 0.833 bits per heavy atom. The molecule has 0 fully saturated rings. The average Bonchev–Trinajstić information content (AvgIpc) is 2.52. The molecule has 136 valence electrons. The molecule has 0 aromatic heterocycles. The number of allylic oxidation sites excluding steroid dienone is 8. The van der Waals surface area contributed by atoms with E-state index in [4.69, 9.17) is 5.11 Å². The maximum atomic E-state index is 10.4. The maximum Gasteiger partial charge on any atom is 0.303 e. The van der Waals surface area contributed by atoms with E-state index in [-0.39, 0.29) is 11.8 Å². The minimum absolute atomic E-state index is 0.0766. The van der Waals surface area contributed by atoms with Gasteiger partial charge in [-0.1, -0.05) is 82.2 Å². The smallest absolute Gasteiger partial charge is 0.303 e. The molecule has 0 saturated carbocycles.